The highest BCUT2D eigenvalue weighted by Gasteiger charge is 2.30. The van der Waals surface area contributed by atoms with E-state index in [4.69, 9.17) is 4.74 Å². The predicted molar refractivity (Wildman–Crippen MR) is 96.8 cm³/mol. The van der Waals surface area contributed by atoms with Crippen molar-refractivity contribution in [2.45, 2.75) is 31.6 Å². The first-order valence-corrected chi connectivity index (χ1v) is 9.62. The fourth-order valence-corrected chi connectivity index (χ4v) is 4.14. The molecule has 1 saturated carbocycles. The molecular formula is C19H21NO4S. The van der Waals surface area contributed by atoms with Gasteiger partial charge in [-0.1, -0.05) is 0 Å². The van der Waals surface area contributed by atoms with Crippen LogP contribution in [0.3, 0.4) is 0 Å². The Labute approximate surface area is 148 Å². The molecule has 6 heteroatoms. The maximum absolute atomic E-state index is 12.7. The number of hydrogen-bond acceptors (Lipinski definition) is 4. The molecule has 1 fully saturated rings. The minimum absolute atomic E-state index is 0.135. The molecule has 1 N–H and O–H groups in total. The number of aryl methyl sites for hydroxylation is 2. The predicted octanol–water partition coefficient (Wildman–Crippen LogP) is 3.71. The summed E-state index contributed by atoms with van der Waals surface area (Å²) in [5.74, 6) is 0.933. The molecule has 5 nitrogen and oxygen atoms in total. The van der Waals surface area contributed by atoms with E-state index in [1.54, 1.807) is 57.4 Å². The lowest BCUT2D eigenvalue weighted by Crippen LogP contribution is -2.15. The Morgan fingerprint density at radius 3 is 2.28 bits per heavy atom. The number of ketones is 1. The van der Waals surface area contributed by atoms with Crippen molar-refractivity contribution in [3.63, 3.8) is 0 Å². The van der Waals surface area contributed by atoms with Gasteiger partial charge in [-0.3, -0.25) is 9.52 Å². The molecule has 0 aliphatic heterocycles. The molecule has 3 rings (SSSR count). The molecule has 0 unspecified atom stereocenters. The number of benzene rings is 2. The summed E-state index contributed by atoms with van der Waals surface area (Å²) in [5, 5.41) is 0. The maximum atomic E-state index is 12.7. The number of carbonyl (C=O) groups excluding carboxylic acids is 1. The Morgan fingerprint density at radius 2 is 1.72 bits per heavy atom. The third-order valence-electron chi connectivity index (χ3n) is 4.35. The summed E-state index contributed by atoms with van der Waals surface area (Å²) in [6.07, 6.45) is 1.90. The number of ether oxygens (including phenoxy) is 1. The van der Waals surface area contributed by atoms with Gasteiger partial charge in [-0.25, -0.2) is 8.42 Å². The Hall–Kier alpha value is -2.34. The van der Waals surface area contributed by atoms with E-state index in [-0.39, 0.29) is 16.6 Å². The number of Topliss-reactive ketones (excluding diaryl/α,β-unsaturated/α-hetero) is 1. The monoisotopic (exact) mass is 359 g/mol. The number of carbonyl (C=O) groups is 1. The van der Waals surface area contributed by atoms with Gasteiger partial charge in [0, 0.05) is 17.2 Å². The number of methoxy groups -OCH3 is 1. The van der Waals surface area contributed by atoms with Crippen LogP contribution in [0.2, 0.25) is 0 Å². The van der Waals surface area contributed by atoms with Gasteiger partial charge in [-0.2, -0.15) is 0 Å². The highest BCUT2D eigenvalue weighted by molar-refractivity contribution is 7.92. The molecule has 0 bridgehead atoms. The van der Waals surface area contributed by atoms with E-state index in [1.807, 2.05) is 0 Å². The van der Waals surface area contributed by atoms with Crippen molar-refractivity contribution in [1.82, 2.24) is 0 Å². The zero-order valence-corrected chi connectivity index (χ0v) is 15.3. The van der Waals surface area contributed by atoms with E-state index < -0.39 is 10.0 Å². The Bertz CT molecular complexity index is 913. The molecule has 0 heterocycles. The van der Waals surface area contributed by atoms with E-state index in [2.05, 4.69) is 4.72 Å². The summed E-state index contributed by atoms with van der Waals surface area (Å²) in [5.41, 5.74) is 2.41. The van der Waals surface area contributed by atoms with Gasteiger partial charge in [-0.15, -0.1) is 0 Å². The van der Waals surface area contributed by atoms with Gasteiger partial charge >= 0.3 is 0 Å². The average molecular weight is 359 g/mol. The Morgan fingerprint density at radius 1 is 1.08 bits per heavy atom. The van der Waals surface area contributed by atoms with E-state index in [1.165, 1.54) is 0 Å². The SMILES string of the molecule is COc1cc(C)c(S(=O)(=O)Nc2ccc(C(=O)C3CC3)cc2)cc1C. The lowest BCUT2D eigenvalue weighted by molar-refractivity contribution is 0.0967. The Balaban J connectivity index is 1.84. The summed E-state index contributed by atoms with van der Waals surface area (Å²) in [7, 11) is -2.16. The highest BCUT2D eigenvalue weighted by Crippen LogP contribution is 2.33. The van der Waals surface area contributed by atoms with Gasteiger partial charge in [0.25, 0.3) is 10.0 Å². The third kappa shape index (κ3) is 3.69. The van der Waals surface area contributed by atoms with Crippen molar-refractivity contribution in [3.05, 3.63) is 53.1 Å². The molecule has 2 aromatic carbocycles. The van der Waals surface area contributed by atoms with Gasteiger partial charge in [0.05, 0.1) is 12.0 Å². The molecule has 2 aromatic rings. The number of rotatable bonds is 6. The van der Waals surface area contributed by atoms with Crippen molar-refractivity contribution in [1.29, 1.82) is 0 Å². The highest BCUT2D eigenvalue weighted by atomic mass is 32.2. The molecule has 1 aliphatic carbocycles. The first kappa shape index (κ1) is 17.5. The van der Waals surface area contributed by atoms with Crippen LogP contribution in [0, 0.1) is 19.8 Å². The van der Waals surface area contributed by atoms with Crippen LogP contribution in [0.15, 0.2) is 41.3 Å². The van der Waals surface area contributed by atoms with Crippen LogP contribution in [-0.2, 0) is 10.0 Å². The molecule has 0 aromatic heterocycles. The number of nitrogens with one attached hydrogen (secondary N) is 1. The number of sulfonamides is 1. The van der Waals surface area contributed by atoms with Crippen LogP contribution in [0.1, 0.15) is 34.3 Å². The van der Waals surface area contributed by atoms with Crippen LogP contribution < -0.4 is 9.46 Å². The molecule has 0 amide bonds. The van der Waals surface area contributed by atoms with Crippen molar-refractivity contribution < 1.29 is 17.9 Å². The zero-order chi connectivity index (χ0) is 18.2. The van der Waals surface area contributed by atoms with Gasteiger partial charge < -0.3 is 4.74 Å². The van der Waals surface area contributed by atoms with Crippen molar-refractivity contribution in [3.8, 4) is 5.75 Å². The summed E-state index contributed by atoms with van der Waals surface area (Å²) >= 11 is 0. The third-order valence-corrected chi connectivity index (χ3v) is 5.88. The molecule has 25 heavy (non-hydrogen) atoms. The minimum Gasteiger partial charge on any atom is -0.496 e. The lowest BCUT2D eigenvalue weighted by atomic mass is 10.1. The molecule has 132 valence electrons. The van der Waals surface area contributed by atoms with E-state index in [0.29, 0.717) is 22.6 Å². The fourth-order valence-electron chi connectivity index (χ4n) is 2.77. The lowest BCUT2D eigenvalue weighted by Gasteiger charge is -2.13. The zero-order valence-electron chi connectivity index (χ0n) is 14.5. The molecule has 1 aliphatic rings. The average Bonchev–Trinajstić information content (AvgIpc) is 3.41. The van der Waals surface area contributed by atoms with Crippen molar-refractivity contribution >= 4 is 21.5 Å². The van der Waals surface area contributed by atoms with Crippen molar-refractivity contribution in [2.24, 2.45) is 5.92 Å². The molecule has 0 atom stereocenters. The maximum Gasteiger partial charge on any atom is 0.262 e. The number of anilines is 1. The van der Waals surface area contributed by atoms with E-state index >= 15 is 0 Å². The van der Waals surface area contributed by atoms with E-state index in [0.717, 1.165) is 18.4 Å². The number of hydrogen-bond donors (Lipinski definition) is 1. The molecular weight excluding hydrogens is 338 g/mol. The van der Waals surface area contributed by atoms with Crippen LogP contribution in [0.5, 0.6) is 5.75 Å². The fraction of sp³-hybridized carbons (Fsp3) is 0.316. The molecule has 0 spiro atoms. The summed E-state index contributed by atoms with van der Waals surface area (Å²) in [6, 6.07) is 9.90. The topological polar surface area (TPSA) is 72.5 Å². The van der Waals surface area contributed by atoms with Crippen LogP contribution in [0.25, 0.3) is 0 Å². The first-order chi connectivity index (χ1) is 11.8. The Kier molecular flexibility index (Phi) is 4.56. The van der Waals surface area contributed by atoms with Crippen LogP contribution in [-0.4, -0.2) is 21.3 Å². The van der Waals surface area contributed by atoms with Gasteiger partial charge in [-0.05, 0) is 74.2 Å². The second-order valence-electron chi connectivity index (χ2n) is 6.41. The minimum atomic E-state index is -3.72. The van der Waals surface area contributed by atoms with Crippen LogP contribution >= 0.6 is 0 Å². The second kappa shape index (κ2) is 6.52. The summed E-state index contributed by atoms with van der Waals surface area (Å²) in [4.78, 5) is 12.2. The standard InChI is InChI=1S/C19H21NO4S/c1-12-11-18(13(2)10-17(12)24-3)25(22,23)20-16-8-6-15(7-9-16)19(21)14-4-5-14/h6-11,14,20H,4-5H2,1-3H3. The summed E-state index contributed by atoms with van der Waals surface area (Å²) in [6.45, 7) is 3.53. The van der Waals surface area contributed by atoms with Crippen molar-refractivity contribution in [2.75, 3.05) is 11.8 Å². The van der Waals surface area contributed by atoms with E-state index in [9.17, 15) is 13.2 Å². The van der Waals surface area contributed by atoms with Gasteiger partial charge in [0.1, 0.15) is 5.75 Å². The normalized spacial score (nSPS) is 14.2. The molecule has 0 saturated heterocycles. The smallest absolute Gasteiger partial charge is 0.262 e. The second-order valence-corrected chi connectivity index (χ2v) is 8.06. The van der Waals surface area contributed by atoms with Gasteiger partial charge in [0.2, 0.25) is 0 Å². The van der Waals surface area contributed by atoms with Gasteiger partial charge in [0.15, 0.2) is 5.78 Å². The summed E-state index contributed by atoms with van der Waals surface area (Å²) < 4.78 is 33.2. The first-order valence-electron chi connectivity index (χ1n) is 8.14. The largest absolute Gasteiger partial charge is 0.496 e. The molecule has 0 radical (unpaired) electrons. The quantitative estimate of drug-likeness (QED) is 0.798. The van der Waals surface area contributed by atoms with Crippen LogP contribution in [0.4, 0.5) is 5.69 Å².